The normalized spacial score (nSPS) is 9.32. The Hall–Kier alpha value is -3.78. The van der Waals surface area contributed by atoms with Crippen LogP contribution >= 0.6 is 17.0 Å². The maximum atomic E-state index is 11.6. The van der Waals surface area contributed by atoms with Crippen LogP contribution in [0.1, 0.15) is 12.8 Å². The van der Waals surface area contributed by atoms with Crippen LogP contribution in [0.15, 0.2) is 121 Å². The van der Waals surface area contributed by atoms with Crippen molar-refractivity contribution in [3.8, 4) is 0 Å². The van der Waals surface area contributed by atoms with E-state index in [0.717, 1.165) is 0 Å². The monoisotopic (exact) mass is 664 g/mol. The van der Waals surface area contributed by atoms with E-state index >= 15 is 0 Å². The number of halogens is 2. The van der Waals surface area contributed by atoms with Crippen molar-refractivity contribution in [2.24, 2.45) is 0 Å². The summed E-state index contributed by atoms with van der Waals surface area (Å²) in [6.07, 6.45) is -0.631. The minimum atomic E-state index is -0.826. The second kappa shape index (κ2) is 20.2. The zero-order valence-corrected chi connectivity index (χ0v) is 25.6. The van der Waals surface area contributed by atoms with Gasteiger partial charge in [0.15, 0.2) is 0 Å². The molecule has 0 spiro atoms. The first-order chi connectivity index (χ1) is 19.9. The summed E-state index contributed by atoms with van der Waals surface area (Å²) in [6.45, 7) is 0. The van der Waals surface area contributed by atoms with Gasteiger partial charge in [0, 0.05) is 12.8 Å². The van der Waals surface area contributed by atoms with Crippen LogP contribution in [0, 0.1) is 0 Å². The standard InChI is InChI=1S/2C15H14N2O2.2ClH.Zr/c2*18-14(16-12-7-3-1-4-8-12)11-15(19)17-13-9-5-2-6-10-13;;;/h2*1-10H,11H2,(H2,16,17,18,19);2*1H;/q;;;;+2/p-6. The molecule has 0 aromatic heterocycles. The van der Waals surface area contributed by atoms with Crippen molar-refractivity contribution in [1.29, 1.82) is 0 Å². The topological polar surface area (TPSA) is 125 Å². The van der Waals surface area contributed by atoms with E-state index in [9.17, 15) is 19.2 Å². The molecule has 210 valence electrons. The molecule has 4 rings (SSSR count). The first-order valence-corrected chi connectivity index (χ1v) is 18.4. The minimum absolute atomic E-state index is 0.316. The molecule has 0 saturated heterocycles. The van der Waals surface area contributed by atoms with Crippen molar-refractivity contribution in [3.05, 3.63) is 143 Å². The van der Waals surface area contributed by atoms with E-state index in [1.54, 1.807) is 97.1 Å². The fourth-order valence-electron chi connectivity index (χ4n) is 3.00. The van der Waals surface area contributed by atoms with Crippen LogP contribution in [0.25, 0.3) is 21.3 Å². The van der Waals surface area contributed by atoms with Crippen LogP contribution in [-0.2, 0) is 40.0 Å². The summed E-state index contributed by atoms with van der Waals surface area (Å²) in [5, 5.41) is 15.3. The van der Waals surface area contributed by atoms with Crippen molar-refractivity contribution in [2.45, 2.75) is 12.8 Å². The summed E-state index contributed by atoms with van der Waals surface area (Å²) in [6, 6.07) is 35.2. The molecule has 0 radical (unpaired) electrons. The number of rotatable bonds is 8. The number of carbonyl (C=O) groups is 4. The molecule has 0 unspecified atom stereocenters. The molecule has 0 heterocycles. The van der Waals surface area contributed by atoms with Crippen molar-refractivity contribution in [3.63, 3.8) is 0 Å². The molecule has 0 aliphatic heterocycles. The Kier molecular flexibility index (Phi) is 16.4. The van der Waals surface area contributed by atoms with Crippen LogP contribution in [0.3, 0.4) is 0 Å². The molecular formula is C30H24Cl2N4O4Zr-4. The Bertz CT molecular complexity index is 1140. The number of benzene rings is 4. The second-order valence-electron chi connectivity index (χ2n) is 7.79. The number of para-hydroxylation sites is 4. The maximum absolute atomic E-state index is 11.6. The van der Waals surface area contributed by atoms with E-state index in [2.05, 4.69) is 21.3 Å². The number of amides is 4. The van der Waals surface area contributed by atoms with Gasteiger partial charge in [-0.3, -0.25) is 0 Å². The Morgan fingerprint density at radius 2 is 0.585 bits per heavy atom. The van der Waals surface area contributed by atoms with Gasteiger partial charge in [-0.2, -0.15) is 0 Å². The van der Waals surface area contributed by atoms with Crippen molar-refractivity contribution in [2.75, 3.05) is 0 Å². The number of hydrogen-bond acceptors (Lipinski definition) is 4. The van der Waals surface area contributed by atoms with Crippen LogP contribution < -0.4 is 0 Å². The Labute approximate surface area is 257 Å². The van der Waals surface area contributed by atoms with Crippen LogP contribution in [0.2, 0.25) is 0 Å². The molecule has 0 saturated carbocycles. The summed E-state index contributed by atoms with van der Waals surface area (Å²) in [4.78, 5) is 46.3. The van der Waals surface area contributed by atoms with Crippen LogP contribution in [0.4, 0.5) is 22.7 Å². The zero-order chi connectivity index (χ0) is 29.7. The van der Waals surface area contributed by atoms with Gasteiger partial charge in [-0.05, 0) is 0 Å². The molecule has 4 aromatic carbocycles. The zero-order valence-electron chi connectivity index (χ0n) is 21.6. The van der Waals surface area contributed by atoms with Crippen molar-refractivity contribution < 1.29 is 40.0 Å². The third-order valence-electron chi connectivity index (χ3n) is 4.64. The molecule has 0 aliphatic carbocycles. The van der Waals surface area contributed by atoms with E-state index in [1.165, 1.54) is 0 Å². The Balaban J connectivity index is 0.000000262. The molecule has 4 amide bonds. The molecule has 0 N–H and O–H groups in total. The molecule has 41 heavy (non-hydrogen) atoms. The Morgan fingerprint density at radius 1 is 0.415 bits per heavy atom. The van der Waals surface area contributed by atoms with Gasteiger partial charge in [0.25, 0.3) is 0 Å². The first-order valence-electron chi connectivity index (χ1n) is 12.0. The van der Waals surface area contributed by atoms with Crippen LogP contribution in [-0.4, -0.2) is 23.6 Å². The van der Waals surface area contributed by atoms with Gasteiger partial charge in [-0.1, -0.05) is 121 Å². The van der Waals surface area contributed by atoms with Gasteiger partial charge >= 0.3 is 37.9 Å². The van der Waals surface area contributed by atoms with E-state index in [-0.39, 0.29) is 12.8 Å². The van der Waals surface area contributed by atoms with E-state index < -0.39 is 44.5 Å². The summed E-state index contributed by atoms with van der Waals surface area (Å²) in [5.74, 6) is -1.96. The van der Waals surface area contributed by atoms with E-state index in [4.69, 9.17) is 17.0 Å². The summed E-state index contributed by atoms with van der Waals surface area (Å²) in [7, 11) is 9.87. The van der Waals surface area contributed by atoms with Gasteiger partial charge in [-0.25, -0.2) is 0 Å². The molecular weight excluding hydrogens is 642 g/mol. The van der Waals surface area contributed by atoms with E-state index in [0.29, 0.717) is 22.7 Å². The molecule has 0 fully saturated rings. The summed E-state index contributed by atoms with van der Waals surface area (Å²) < 4.78 is 0. The molecule has 0 atom stereocenters. The van der Waals surface area contributed by atoms with Gasteiger partial charge in [0.1, 0.15) is 0 Å². The van der Waals surface area contributed by atoms with Crippen molar-refractivity contribution >= 4 is 63.4 Å². The number of hydrogen-bond donors (Lipinski definition) is 0. The summed E-state index contributed by atoms with van der Waals surface area (Å²) >= 11 is -0.826. The SMILES string of the molecule is O=C(CC(=O)[N-]c1ccccc1)[N-]c1ccccc1.O=C(CC(=O)[N-]c1ccccc1)[N-]c1ccccc1.[Cl][Zr][Cl]. The third kappa shape index (κ3) is 15.6. The predicted molar refractivity (Wildman–Crippen MR) is 159 cm³/mol. The van der Waals surface area contributed by atoms with Gasteiger partial charge in [-0.15, -0.1) is 22.7 Å². The summed E-state index contributed by atoms with van der Waals surface area (Å²) in [5.41, 5.74) is 2.17. The average Bonchev–Trinajstić information content (AvgIpc) is 2.96. The fourth-order valence-corrected chi connectivity index (χ4v) is 3.00. The third-order valence-corrected chi connectivity index (χ3v) is 4.64. The molecule has 8 nitrogen and oxygen atoms in total. The quantitative estimate of drug-likeness (QED) is 0.174. The van der Waals surface area contributed by atoms with Gasteiger partial charge in [0.05, 0.1) is 23.6 Å². The van der Waals surface area contributed by atoms with E-state index in [1.807, 2.05) is 24.3 Å². The predicted octanol–water partition coefficient (Wildman–Crippen LogP) is 9.06. The van der Waals surface area contributed by atoms with Gasteiger partial charge < -0.3 is 40.4 Å². The first kappa shape index (κ1) is 33.4. The Morgan fingerprint density at radius 3 is 0.756 bits per heavy atom. The molecule has 11 heteroatoms. The average molecular weight is 667 g/mol. The van der Waals surface area contributed by atoms with Crippen LogP contribution in [0.5, 0.6) is 0 Å². The van der Waals surface area contributed by atoms with Gasteiger partial charge in [0.2, 0.25) is 0 Å². The molecule has 0 aliphatic rings. The number of carbonyl (C=O) groups excluding carboxylic acids is 4. The second-order valence-corrected chi connectivity index (χ2v) is 11.5. The van der Waals surface area contributed by atoms with Crippen molar-refractivity contribution in [1.82, 2.24) is 0 Å². The molecule has 0 bridgehead atoms. The molecule has 4 aromatic rings. The number of nitrogens with zero attached hydrogens (tertiary/aromatic N) is 4. The fraction of sp³-hybridized carbons (Fsp3) is 0.0667.